The lowest BCUT2D eigenvalue weighted by Crippen LogP contribution is -2.30. The van der Waals surface area contributed by atoms with Crippen molar-refractivity contribution in [1.29, 1.82) is 10.5 Å². The molecule has 5 heteroatoms. The molecule has 0 saturated carbocycles. The van der Waals surface area contributed by atoms with E-state index in [1.165, 1.54) is 0 Å². The molecule has 0 radical (unpaired) electrons. The summed E-state index contributed by atoms with van der Waals surface area (Å²) in [6.07, 6.45) is 0. The first-order valence-electron chi connectivity index (χ1n) is 7.31. The fraction of sp³-hybridized carbons (Fsp3) is 0.316. The van der Waals surface area contributed by atoms with Crippen molar-refractivity contribution < 1.29 is 4.74 Å². The second kappa shape index (κ2) is 6.16. The minimum absolute atomic E-state index is 0.0744. The van der Waals surface area contributed by atoms with E-state index in [9.17, 15) is 10.5 Å². The number of hydrogen-bond acceptors (Lipinski definition) is 3. The number of nitriles is 2. The highest BCUT2D eigenvalue weighted by molar-refractivity contribution is 9.10. The Morgan fingerprint density at radius 3 is 2.17 bits per heavy atom. The van der Waals surface area contributed by atoms with Gasteiger partial charge in [0, 0.05) is 4.47 Å². The van der Waals surface area contributed by atoms with Crippen molar-refractivity contribution in [2.24, 2.45) is 5.41 Å². The van der Waals surface area contributed by atoms with Gasteiger partial charge in [0.25, 0.3) is 0 Å². The summed E-state index contributed by atoms with van der Waals surface area (Å²) < 4.78 is 7.03. The highest BCUT2D eigenvalue weighted by Gasteiger charge is 2.48. The van der Waals surface area contributed by atoms with Gasteiger partial charge in [-0.2, -0.15) is 10.5 Å². The summed E-state index contributed by atoms with van der Waals surface area (Å²) in [5, 5.41) is 18.4. The van der Waals surface area contributed by atoms with Gasteiger partial charge in [-0.1, -0.05) is 48.8 Å². The molecule has 1 aromatic carbocycles. The zero-order valence-corrected chi connectivity index (χ0v) is 15.5. The number of allylic oxidation sites excluding steroid dienone is 1. The van der Waals surface area contributed by atoms with Gasteiger partial charge in [0.05, 0.1) is 6.57 Å². The lowest BCUT2D eigenvalue weighted by molar-refractivity contribution is 0.0585. The molecule has 120 valence electrons. The van der Waals surface area contributed by atoms with Gasteiger partial charge in [0.1, 0.15) is 17.7 Å². The van der Waals surface area contributed by atoms with Crippen LogP contribution in [0.15, 0.2) is 51.3 Å². The number of ether oxygens (including phenoxy) is 1. The van der Waals surface area contributed by atoms with Gasteiger partial charge in [-0.15, -0.1) is 0 Å². The van der Waals surface area contributed by atoms with Crippen LogP contribution in [0.4, 0.5) is 0 Å². The Hall–Kier alpha value is -2.55. The van der Waals surface area contributed by atoms with Gasteiger partial charge < -0.3 is 4.74 Å². The minimum atomic E-state index is -0.910. The molecule has 1 unspecified atom stereocenters. The van der Waals surface area contributed by atoms with E-state index in [1.54, 1.807) is 0 Å². The largest absolute Gasteiger partial charge is 0.489 e. The van der Waals surface area contributed by atoms with Crippen LogP contribution in [-0.2, 0) is 10.3 Å². The molecule has 0 aromatic heterocycles. The van der Waals surface area contributed by atoms with Crippen LogP contribution in [0.25, 0.3) is 4.85 Å². The molecular weight excluding hydrogens is 366 g/mol. The van der Waals surface area contributed by atoms with Gasteiger partial charge in [-0.25, -0.2) is 4.85 Å². The van der Waals surface area contributed by atoms with Crippen LogP contribution in [0.1, 0.15) is 33.3 Å². The van der Waals surface area contributed by atoms with Crippen LogP contribution in [0.3, 0.4) is 0 Å². The number of hydrogen-bond donors (Lipinski definition) is 0. The molecule has 0 bridgehead atoms. The van der Waals surface area contributed by atoms with E-state index in [4.69, 9.17) is 11.3 Å². The van der Waals surface area contributed by atoms with Crippen molar-refractivity contribution in [2.45, 2.75) is 33.3 Å². The maximum absolute atomic E-state index is 9.22. The summed E-state index contributed by atoms with van der Waals surface area (Å²) in [5.41, 5.74) is 0.425. The van der Waals surface area contributed by atoms with E-state index in [0.29, 0.717) is 0 Å². The molecule has 0 saturated heterocycles. The van der Waals surface area contributed by atoms with Gasteiger partial charge in [-0.05, 0) is 35.6 Å². The summed E-state index contributed by atoms with van der Waals surface area (Å²) in [7, 11) is 0. The maximum Gasteiger partial charge on any atom is 0.234 e. The molecule has 2 rings (SSSR count). The van der Waals surface area contributed by atoms with E-state index in [-0.39, 0.29) is 22.4 Å². The standard InChI is InChI=1S/C19H16BrN3O/c1-18(2,3)17-15(23-5)16(12(10-21)11-22)24-19(17,4)13-6-8-14(20)9-7-13/h6-9H,1-4H3. The van der Waals surface area contributed by atoms with Crippen LogP contribution in [0.5, 0.6) is 0 Å². The van der Waals surface area contributed by atoms with E-state index in [0.717, 1.165) is 15.6 Å². The van der Waals surface area contributed by atoms with E-state index in [2.05, 4.69) is 20.8 Å². The molecule has 0 fully saturated rings. The zero-order chi connectivity index (χ0) is 18.1. The summed E-state index contributed by atoms with van der Waals surface area (Å²) in [4.78, 5) is 3.61. The molecule has 24 heavy (non-hydrogen) atoms. The average Bonchev–Trinajstić information content (AvgIpc) is 2.83. The third-order valence-electron chi connectivity index (χ3n) is 3.94. The smallest absolute Gasteiger partial charge is 0.234 e. The van der Waals surface area contributed by atoms with Gasteiger partial charge in [0.2, 0.25) is 5.70 Å². The highest BCUT2D eigenvalue weighted by atomic mass is 79.9. The molecule has 4 nitrogen and oxygen atoms in total. The molecule has 0 N–H and O–H groups in total. The Kier molecular flexibility index (Phi) is 4.57. The Morgan fingerprint density at radius 2 is 1.75 bits per heavy atom. The average molecular weight is 382 g/mol. The Bertz CT molecular complexity index is 852. The highest BCUT2D eigenvalue weighted by Crippen LogP contribution is 2.53. The van der Waals surface area contributed by atoms with E-state index < -0.39 is 5.60 Å². The molecule has 0 aliphatic carbocycles. The van der Waals surface area contributed by atoms with Crippen molar-refractivity contribution in [2.75, 3.05) is 0 Å². The number of halogens is 1. The van der Waals surface area contributed by atoms with Gasteiger partial charge in [0.15, 0.2) is 11.3 Å². The second-order valence-electron chi connectivity index (χ2n) is 6.66. The molecule has 1 aromatic rings. The van der Waals surface area contributed by atoms with E-state index in [1.807, 2.05) is 64.1 Å². The number of nitrogens with zero attached hydrogens (tertiary/aromatic N) is 3. The van der Waals surface area contributed by atoms with Crippen LogP contribution >= 0.6 is 15.9 Å². The summed E-state index contributed by atoms with van der Waals surface area (Å²) >= 11 is 3.41. The Morgan fingerprint density at radius 1 is 1.21 bits per heavy atom. The van der Waals surface area contributed by atoms with Crippen molar-refractivity contribution >= 4 is 15.9 Å². The van der Waals surface area contributed by atoms with E-state index >= 15 is 0 Å². The number of rotatable bonds is 1. The van der Waals surface area contributed by atoms with Crippen LogP contribution in [0.2, 0.25) is 0 Å². The van der Waals surface area contributed by atoms with Gasteiger partial charge >= 0.3 is 0 Å². The monoisotopic (exact) mass is 381 g/mol. The SMILES string of the molecule is [C-]#[N+]C1=C(C(C)(C)C)C(C)(c2ccc(Br)cc2)OC1=C(C#N)C#N. The third-order valence-corrected chi connectivity index (χ3v) is 4.47. The van der Waals surface area contributed by atoms with Crippen molar-refractivity contribution in [3.8, 4) is 12.1 Å². The predicted octanol–water partition coefficient (Wildman–Crippen LogP) is 5.22. The molecule has 0 amide bonds. The maximum atomic E-state index is 9.22. The fourth-order valence-corrected chi connectivity index (χ4v) is 3.35. The van der Waals surface area contributed by atoms with Crippen molar-refractivity contribution in [3.05, 3.63) is 68.3 Å². The minimum Gasteiger partial charge on any atom is -0.489 e. The lowest BCUT2D eigenvalue weighted by Gasteiger charge is -2.35. The molecular formula is C19H16BrN3O. The van der Waals surface area contributed by atoms with Crippen molar-refractivity contribution in [1.82, 2.24) is 0 Å². The predicted molar refractivity (Wildman–Crippen MR) is 93.9 cm³/mol. The Labute approximate surface area is 150 Å². The normalized spacial score (nSPS) is 20.0. The fourth-order valence-electron chi connectivity index (χ4n) is 3.09. The summed E-state index contributed by atoms with van der Waals surface area (Å²) in [6.45, 7) is 15.4. The van der Waals surface area contributed by atoms with Crippen LogP contribution in [-0.4, -0.2) is 0 Å². The lowest BCUT2D eigenvalue weighted by atomic mass is 9.74. The van der Waals surface area contributed by atoms with Crippen LogP contribution < -0.4 is 0 Å². The van der Waals surface area contributed by atoms with Crippen molar-refractivity contribution in [3.63, 3.8) is 0 Å². The molecule has 1 atom stereocenters. The first kappa shape index (κ1) is 17.8. The first-order chi connectivity index (χ1) is 11.2. The zero-order valence-electron chi connectivity index (χ0n) is 13.9. The third kappa shape index (κ3) is 2.82. The molecule has 0 spiro atoms. The van der Waals surface area contributed by atoms with Crippen LogP contribution in [0, 0.1) is 34.6 Å². The van der Waals surface area contributed by atoms with Gasteiger partial charge in [-0.3, -0.25) is 0 Å². The molecule has 1 heterocycles. The summed E-state index contributed by atoms with van der Waals surface area (Å²) in [5.74, 6) is 0.0744. The second-order valence-corrected chi connectivity index (χ2v) is 7.57. The Balaban J connectivity index is 2.85. The number of benzene rings is 1. The topological polar surface area (TPSA) is 61.2 Å². The summed E-state index contributed by atoms with van der Waals surface area (Å²) in [6, 6.07) is 11.3. The first-order valence-corrected chi connectivity index (χ1v) is 8.11. The molecule has 1 aliphatic rings. The molecule has 1 aliphatic heterocycles. The quantitative estimate of drug-likeness (QED) is 0.495.